The average Bonchev–Trinajstić information content (AvgIpc) is 3.36. The van der Waals surface area contributed by atoms with Gasteiger partial charge in [-0.15, -0.1) is 0 Å². The van der Waals surface area contributed by atoms with Gasteiger partial charge in [-0.05, 0) is 38.5 Å². The molecule has 22 heavy (non-hydrogen) atoms. The molecule has 1 saturated carbocycles. The molecule has 1 saturated heterocycles. The molecule has 0 aromatic carbocycles. The van der Waals surface area contributed by atoms with Crippen molar-refractivity contribution < 1.29 is 14.7 Å². The van der Waals surface area contributed by atoms with E-state index in [1.807, 2.05) is 18.7 Å². The molecule has 2 N–H and O–H groups in total. The number of piperidine rings is 1. The quantitative estimate of drug-likeness (QED) is 0.782. The van der Waals surface area contributed by atoms with Crippen molar-refractivity contribution in [3.05, 3.63) is 0 Å². The van der Waals surface area contributed by atoms with Crippen LogP contribution in [0.5, 0.6) is 0 Å². The van der Waals surface area contributed by atoms with Crippen molar-refractivity contribution >= 4 is 11.8 Å². The van der Waals surface area contributed by atoms with Crippen LogP contribution in [0, 0.1) is 17.8 Å². The largest absolute Gasteiger partial charge is 0.388 e. The molecule has 0 aromatic rings. The number of hydrogen-bond acceptors (Lipinski definition) is 3. The first-order valence-electron chi connectivity index (χ1n) is 8.64. The number of aliphatic hydroxyl groups is 1. The summed E-state index contributed by atoms with van der Waals surface area (Å²) in [6.45, 7) is 7.38. The van der Waals surface area contributed by atoms with Gasteiger partial charge in [0.05, 0.1) is 11.5 Å². The average molecular weight is 310 g/mol. The first kappa shape index (κ1) is 17.3. The Morgan fingerprint density at radius 2 is 2.00 bits per heavy atom. The molecule has 1 heterocycles. The SMILES string of the molecule is CCC(C)C(C)(O)CNC(=O)C1CCCN(C(=O)C2CC2)C1. The lowest BCUT2D eigenvalue weighted by atomic mass is 9.88. The molecule has 0 aromatic heterocycles. The molecule has 1 aliphatic heterocycles. The number of likely N-dealkylation sites (tertiary alicyclic amines) is 1. The van der Waals surface area contributed by atoms with E-state index in [9.17, 15) is 14.7 Å². The van der Waals surface area contributed by atoms with Crippen molar-refractivity contribution in [3.63, 3.8) is 0 Å². The molecule has 2 rings (SSSR count). The van der Waals surface area contributed by atoms with Crippen LogP contribution in [0.15, 0.2) is 0 Å². The van der Waals surface area contributed by atoms with Crippen LogP contribution in [0.25, 0.3) is 0 Å². The molecule has 126 valence electrons. The molecule has 2 aliphatic rings. The van der Waals surface area contributed by atoms with Gasteiger partial charge in [-0.2, -0.15) is 0 Å². The molecule has 2 fully saturated rings. The van der Waals surface area contributed by atoms with Crippen molar-refractivity contribution in [2.45, 2.75) is 58.5 Å². The van der Waals surface area contributed by atoms with Crippen LogP contribution in [0.2, 0.25) is 0 Å². The Morgan fingerprint density at radius 3 is 2.59 bits per heavy atom. The van der Waals surface area contributed by atoms with Crippen molar-refractivity contribution in [2.75, 3.05) is 19.6 Å². The lowest BCUT2D eigenvalue weighted by molar-refractivity contribution is -0.137. The van der Waals surface area contributed by atoms with Gasteiger partial charge in [-0.1, -0.05) is 20.3 Å². The Kier molecular flexibility index (Phi) is 5.48. The van der Waals surface area contributed by atoms with Crippen LogP contribution < -0.4 is 5.32 Å². The molecular weight excluding hydrogens is 280 g/mol. The second kappa shape index (κ2) is 6.99. The van der Waals surface area contributed by atoms with Crippen LogP contribution in [0.3, 0.4) is 0 Å². The third kappa shape index (κ3) is 4.22. The number of nitrogens with zero attached hydrogens (tertiary/aromatic N) is 1. The lowest BCUT2D eigenvalue weighted by Crippen LogP contribution is -2.50. The third-order valence-corrected chi connectivity index (χ3v) is 5.32. The van der Waals surface area contributed by atoms with Crippen molar-refractivity contribution in [1.29, 1.82) is 0 Å². The predicted molar refractivity (Wildman–Crippen MR) is 85.1 cm³/mol. The standard InChI is InChI=1S/C17H30N2O3/c1-4-12(2)17(3,22)11-18-15(20)14-6-5-9-19(10-14)16(21)13-7-8-13/h12-14,22H,4-11H2,1-3H3,(H,18,20). The van der Waals surface area contributed by atoms with E-state index in [4.69, 9.17) is 0 Å². The molecule has 3 unspecified atom stereocenters. The maximum absolute atomic E-state index is 12.3. The van der Waals surface area contributed by atoms with Gasteiger partial charge < -0.3 is 15.3 Å². The predicted octanol–water partition coefficient (Wildman–Crippen LogP) is 1.55. The van der Waals surface area contributed by atoms with Gasteiger partial charge in [0.25, 0.3) is 0 Å². The van der Waals surface area contributed by atoms with Crippen LogP contribution >= 0.6 is 0 Å². The Hall–Kier alpha value is -1.10. The van der Waals surface area contributed by atoms with Gasteiger partial charge in [0, 0.05) is 25.6 Å². The fraction of sp³-hybridized carbons (Fsp3) is 0.882. The summed E-state index contributed by atoms with van der Waals surface area (Å²) in [5, 5.41) is 13.3. The van der Waals surface area contributed by atoms with Gasteiger partial charge in [-0.25, -0.2) is 0 Å². The summed E-state index contributed by atoms with van der Waals surface area (Å²) >= 11 is 0. The second-order valence-electron chi connectivity index (χ2n) is 7.28. The molecule has 5 heteroatoms. The van der Waals surface area contributed by atoms with E-state index < -0.39 is 5.60 Å². The molecule has 0 spiro atoms. The Bertz CT molecular complexity index is 418. The summed E-state index contributed by atoms with van der Waals surface area (Å²) in [6, 6.07) is 0. The highest BCUT2D eigenvalue weighted by molar-refractivity contribution is 5.83. The smallest absolute Gasteiger partial charge is 0.225 e. The summed E-state index contributed by atoms with van der Waals surface area (Å²) in [7, 11) is 0. The first-order valence-corrected chi connectivity index (χ1v) is 8.64. The number of carbonyl (C=O) groups excluding carboxylic acids is 2. The Morgan fingerprint density at radius 1 is 1.32 bits per heavy atom. The summed E-state index contributed by atoms with van der Waals surface area (Å²) in [5.74, 6) is 0.408. The van der Waals surface area contributed by atoms with Gasteiger partial charge >= 0.3 is 0 Å². The fourth-order valence-electron chi connectivity index (χ4n) is 3.00. The zero-order valence-corrected chi connectivity index (χ0v) is 14.1. The summed E-state index contributed by atoms with van der Waals surface area (Å²) in [6.07, 6.45) is 4.59. The zero-order chi connectivity index (χ0) is 16.3. The Balaban J connectivity index is 1.82. The molecule has 0 radical (unpaired) electrons. The van der Waals surface area contributed by atoms with E-state index in [0.717, 1.165) is 38.6 Å². The van der Waals surface area contributed by atoms with E-state index in [1.54, 1.807) is 6.92 Å². The number of hydrogen-bond donors (Lipinski definition) is 2. The molecule has 0 bridgehead atoms. The molecule has 3 atom stereocenters. The highest BCUT2D eigenvalue weighted by Gasteiger charge is 2.37. The highest BCUT2D eigenvalue weighted by atomic mass is 16.3. The normalized spacial score (nSPS) is 26.2. The number of rotatable bonds is 6. The van der Waals surface area contributed by atoms with E-state index in [2.05, 4.69) is 5.32 Å². The summed E-state index contributed by atoms with van der Waals surface area (Å²) < 4.78 is 0. The summed E-state index contributed by atoms with van der Waals surface area (Å²) in [5.41, 5.74) is -0.886. The van der Waals surface area contributed by atoms with Crippen molar-refractivity contribution in [3.8, 4) is 0 Å². The number of nitrogens with one attached hydrogen (secondary N) is 1. The minimum atomic E-state index is -0.886. The maximum Gasteiger partial charge on any atom is 0.225 e. The number of amides is 2. The van der Waals surface area contributed by atoms with E-state index in [0.29, 0.717) is 6.54 Å². The van der Waals surface area contributed by atoms with E-state index >= 15 is 0 Å². The molecule has 5 nitrogen and oxygen atoms in total. The minimum Gasteiger partial charge on any atom is -0.388 e. The van der Waals surface area contributed by atoms with Crippen molar-refractivity contribution in [2.24, 2.45) is 17.8 Å². The maximum atomic E-state index is 12.3. The fourth-order valence-corrected chi connectivity index (χ4v) is 3.00. The molecule has 2 amide bonds. The van der Waals surface area contributed by atoms with Crippen LogP contribution in [-0.4, -0.2) is 47.1 Å². The Labute approximate surface area is 133 Å². The van der Waals surface area contributed by atoms with Crippen molar-refractivity contribution in [1.82, 2.24) is 10.2 Å². The summed E-state index contributed by atoms with van der Waals surface area (Å²) in [4.78, 5) is 26.3. The number of carbonyl (C=O) groups is 2. The molecule has 1 aliphatic carbocycles. The van der Waals surface area contributed by atoms with Gasteiger partial charge in [-0.3, -0.25) is 9.59 Å². The van der Waals surface area contributed by atoms with E-state index in [1.165, 1.54) is 0 Å². The topological polar surface area (TPSA) is 69.6 Å². The third-order valence-electron chi connectivity index (χ3n) is 5.32. The second-order valence-corrected chi connectivity index (χ2v) is 7.28. The molecular formula is C17H30N2O3. The monoisotopic (exact) mass is 310 g/mol. The van der Waals surface area contributed by atoms with Crippen LogP contribution in [0.4, 0.5) is 0 Å². The van der Waals surface area contributed by atoms with Crippen LogP contribution in [0.1, 0.15) is 52.9 Å². The first-order chi connectivity index (χ1) is 10.3. The zero-order valence-electron chi connectivity index (χ0n) is 14.1. The van der Waals surface area contributed by atoms with Gasteiger partial charge in [0.2, 0.25) is 11.8 Å². The van der Waals surface area contributed by atoms with Gasteiger partial charge in [0.15, 0.2) is 0 Å². The van der Waals surface area contributed by atoms with Gasteiger partial charge in [0.1, 0.15) is 0 Å². The van der Waals surface area contributed by atoms with E-state index in [-0.39, 0.29) is 36.1 Å². The minimum absolute atomic E-state index is 0.0307. The lowest BCUT2D eigenvalue weighted by Gasteiger charge is -2.34. The van der Waals surface area contributed by atoms with Crippen LogP contribution in [-0.2, 0) is 9.59 Å². The highest BCUT2D eigenvalue weighted by Crippen LogP contribution is 2.32.